The van der Waals surface area contributed by atoms with Crippen LogP contribution in [0.5, 0.6) is 0 Å². The van der Waals surface area contributed by atoms with E-state index in [0.717, 1.165) is 19.6 Å². The van der Waals surface area contributed by atoms with E-state index in [4.69, 9.17) is 9.15 Å². The summed E-state index contributed by atoms with van der Waals surface area (Å²) in [5.74, 6) is -0.413. The maximum atomic E-state index is 13.0. The molecule has 1 amide bonds. The van der Waals surface area contributed by atoms with Gasteiger partial charge in [0.15, 0.2) is 17.8 Å². The van der Waals surface area contributed by atoms with E-state index in [1.165, 1.54) is 13.5 Å². The Kier molecular flexibility index (Phi) is 5.14. The van der Waals surface area contributed by atoms with Crippen LogP contribution >= 0.6 is 0 Å². The predicted molar refractivity (Wildman–Crippen MR) is 91.3 cm³/mol. The first-order chi connectivity index (χ1) is 12.2. The van der Waals surface area contributed by atoms with Crippen molar-refractivity contribution >= 4 is 11.9 Å². The Morgan fingerprint density at radius 1 is 1.20 bits per heavy atom. The van der Waals surface area contributed by atoms with Gasteiger partial charge in [-0.2, -0.15) is 0 Å². The third kappa shape index (κ3) is 3.41. The van der Waals surface area contributed by atoms with E-state index in [9.17, 15) is 9.59 Å². The third-order valence-electron chi connectivity index (χ3n) is 4.45. The van der Waals surface area contributed by atoms with Gasteiger partial charge in [-0.1, -0.05) is 25.1 Å². The van der Waals surface area contributed by atoms with Crippen LogP contribution < -0.4 is 0 Å². The van der Waals surface area contributed by atoms with Crippen LogP contribution in [0.15, 0.2) is 35.1 Å². The molecular formula is C18H21N3O4. The van der Waals surface area contributed by atoms with Crippen molar-refractivity contribution in [2.75, 3.05) is 39.8 Å². The zero-order chi connectivity index (χ0) is 17.8. The number of oxazole rings is 1. The number of benzene rings is 1. The van der Waals surface area contributed by atoms with Gasteiger partial charge < -0.3 is 19.0 Å². The Balaban J connectivity index is 1.91. The number of rotatable bonds is 4. The van der Waals surface area contributed by atoms with E-state index in [1.54, 1.807) is 24.3 Å². The molecule has 0 saturated carbocycles. The molecule has 132 valence electrons. The highest BCUT2D eigenvalue weighted by molar-refractivity contribution is 6.03. The van der Waals surface area contributed by atoms with Crippen LogP contribution in [0.25, 0.3) is 11.3 Å². The molecule has 0 radical (unpaired) electrons. The second-order valence-electron chi connectivity index (χ2n) is 5.79. The number of piperazine rings is 1. The average Bonchev–Trinajstić information content (AvgIpc) is 3.16. The molecule has 1 aliphatic rings. The maximum absolute atomic E-state index is 13.0. The highest BCUT2D eigenvalue weighted by Gasteiger charge is 2.27. The fourth-order valence-electron chi connectivity index (χ4n) is 2.98. The van der Waals surface area contributed by atoms with Crippen molar-refractivity contribution in [3.05, 3.63) is 41.9 Å². The summed E-state index contributed by atoms with van der Waals surface area (Å²) in [6, 6.07) is 7.09. The molecule has 3 rings (SSSR count). The molecule has 1 fully saturated rings. The SMILES string of the molecule is CCN1CCN(C(=O)c2ccccc2-c2ocnc2C(=O)OC)CC1. The maximum Gasteiger partial charge on any atom is 0.360 e. The van der Waals surface area contributed by atoms with Gasteiger partial charge in [0.1, 0.15) is 0 Å². The van der Waals surface area contributed by atoms with Crippen LogP contribution in [-0.2, 0) is 4.74 Å². The van der Waals surface area contributed by atoms with Crippen LogP contribution in [0.3, 0.4) is 0 Å². The van der Waals surface area contributed by atoms with Crippen LogP contribution in [-0.4, -0.2) is 66.5 Å². The molecule has 1 aromatic carbocycles. The van der Waals surface area contributed by atoms with Crippen molar-refractivity contribution in [2.45, 2.75) is 6.92 Å². The van der Waals surface area contributed by atoms with Gasteiger partial charge >= 0.3 is 5.97 Å². The van der Waals surface area contributed by atoms with Crippen molar-refractivity contribution in [1.82, 2.24) is 14.8 Å². The minimum absolute atomic E-state index is 0.0681. The lowest BCUT2D eigenvalue weighted by Gasteiger charge is -2.34. The third-order valence-corrected chi connectivity index (χ3v) is 4.45. The van der Waals surface area contributed by atoms with Crippen LogP contribution in [0, 0.1) is 0 Å². The molecule has 7 nitrogen and oxygen atoms in total. The van der Waals surface area contributed by atoms with E-state index in [2.05, 4.69) is 16.8 Å². The molecule has 25 heavy (non-hydrogen) atoms. The molecular weight excluding hydrogens is 322 g/mol. The fourth-order valence-corrected chi connectivity index (χ4v) is 2.98. The van der Waals surface area contributed by atoms with Crippen molar-refractivity contribution < 1.29 is 18.7 Å². The minimum atomic E-state index is -0.595. The zero-order valence-electron chi connectivity index (χ0n) is 14.4. The summed E-state index contributed by atoms with van der Waals surface area (Å²) in [5, 5.41) is 0. The van der Waals surface area contributed by atoms with Crippen LogP contribution in [0.1, 0.15) is 27.8 Å². The second kappa shape index (κ2) is 7.48. The first-order valence-electron chi connectivity index (χ1n) is 8.28. The van der Waals surface area contributed by atoms with Gasteiger partial charge in [-0.05, 0) is 12.6 Å². The fraction of sp³-hybridized carbons (Fsp3) is 0.389. The van der Waals surface area contributed by atoms with E-state index >= 15 is 0 Å². The quantitative estimate of drug-likeness (QED) is 0.790. The summed E-state index contributed by atoms with van der Waals surface area (Å²) in [6.07, 6.45) is 1.18. The lowest BCUT2D eigenvalue weighted by Crippen LogP contribution is -2.48. The number of esters is 1. The number of carbonyl (C=O) groups excluding carboxylic acids is 2. The summed E-state index contributed by atoms with van der Waals surface area (Å²) in [5.41, 5.74) is 1.11. The number of carbonyl (C=O) groups is 2. The van der Waals surface area contributed by atoms with E-state index in [1.807, 2.05) is 4.90 Å². The Hall–Kier alpha value is -2.67. The molecule has 0 bridgehead atoms. The molecule has 0 aliphatic carbocycles. The molecule has 1 saturated heterocycles. The number of nitrogens with zero attached hydrogens (tertiary/aromatic N) is 3. The van der Waals surface area contributed by atoms with Crippen LogP contribution in [0.2, 0.25) is 0 Å². The number of amides is 1. The zero-order valence-corrected chi connectivity index (χ0v) is 14.4. The Bertz CT molecular complexity index is 763. The van der Waals surface area contributed by atoms with Gasteiger partial charge in [0.2, 0.25) is 0 Å². The molecule has 1 aromatic heterocycles. The first kappa shape index (κ1) is 17.2. The predicted octanol–water partition coefficient (Wildman–Crippen LogP) is 1.91. The average molecular weight is 343 g/mol. The Labute approximate surface area is 146 Å². The number of methoxy groups -OCH3 is 1. The molecule has 2 aromatic rings. The molecule has 7 heteroatoms. The molecule has 1 aliphatic heterocycles. The molecule has 0 atom stereocenters. The highest BCUT2D eigenvalue weighted by Crippen LogP contribution is 2.28. The van der Waals surface area contributed by atoms with Gasteiger partial charge in [0.25, 0.3) is 5.91 Å². The molecule has 0 N–H and O–H groups in total. The van der Waals surface area contributed by atoms with Crippen molar-refractivity contribution in [3.63, 3.8) is 0 Å². The van der Waals surface area contributed by atoms with Gasteiger partial charge in [-0.15, -0.1) is 0 Å². The Morgan fingerprint density at radius 2 is 1.92 bits per heavy atom. The number of likely N-dealkylation sites (N-methyl/N-ethyl adjacent to an activating group) is 1. The summed E-state index contributed by atoms with van der Waals surface area (Å²) >= 11 is 0. The minimum Gasteiger partial charge on any atom is -0.464 e. The van der Waals surface area contributed by atoms with E-state index < -0.39 is 5.97 Å². The van der Waals surface area contributed by atoms with Gasteiger partial charge in [-0.3, -0.25) is 4.79 Å². The van der Waals surface area contributed by atoms with Crippen molar-refractivity contribution in [1.29, 1.82) is 0 Å². The number of ether oxygens (including phenoxy) is 1. The molecule has 0 unspecified atom stereocenters. The summed E-state index contributed by atoms with van der Waals surface area (Å²) in [4.78, 5) is 32.9. The normalized spacial score (nSPS) is 15.2. The standard InChI is InChI=1S/C18H21N3O4/c1-3-20-8-10-21(11-9-20)17(22)14-7-5-4-6-13(14)16-15(18(23)24-2)19-12-25-16/h4-7,12H,3,8-11H2,1-2H3. The summed E-state index contributed by atoms with van der Waals surface area (Å²) < 4.78 is 10.1. The van der Waals surface area contributed by atoms with Gasteiger partial charge in [-0.25, -0.2) is 9.78 Å². The smallest absolute Gasteiger partial charge is 0.360 e. The molecule has 2 heterocycles. The van der Waals surface area contributed by atoms with E-state index in [-0.39, 0.29) is 17.4 Å². The summed E-state index contributed by atoms with van der Waals surface area (Å²) in [7, 11) is 1.28. The second-order valence-corrected chi connectivity index (χ2v) is 5.79. The number of hydrogen-bond donors (Lipinski definition) is 0. The first-order valence-corrected chi connectivity index (χ1v) is 8.28. The van der Waals surface area contributed by atoms with Crippen LogP contribution in [0.4, 0.5) is 0 Å². The molecule has 0 spiro atoms. The lowest BCUT2D eigenvalue weighted by atomic mass is 10.0. The monoisotopic (exact) mass is 343 g/mol. The van der Waals surface area contributed by atoms with Gasteiger partial charge in [0.05, 0.1) is 12.7 Å². The van der Waals surface area contributed by atoms with Gasteiger partial charge in [0, 0.05) is 31.7 Å². The van der Waals surface area contributed by atoms with Crippen molar-refractivity contribution in [2.24, 2.45) is 0 Å². The summed E-state index contributed by atoms with van der Waals surface area (Å²) in [6.45, 7) is 6.19. The lowest BCUT2D eigenvalue weighted by molar-refractivity contribution is 0.0593. The highest BCUT2D eigenvalue weighted by atomic mass is 16.5. The van der Waals surface area contributed by atoms with E-state index in [0.29, 0.717) is 24.2 Å². The largest absolute Gasteiger partial charge is 0.464 e. The van der Waals surface area contributed by atoms with Crippen molar-refractivity contribution in [3.8, 4) is 11.3 Å². The number of aromatic nitrogens is 1. The number of hydrogen-bond acceptors (Lipinski definition) is 6. The topological polar surface area (TPSA) is 75.9 Å². The Morgan fingerprint density at radius 3 is 2.60 bits per heavy atom.